The van der Waals surface area contributed by atoms with Crippen molar-refractivity contribution in [2.24, 2.45) is 0 Å². The van der Waals surface area contributed by atoms with E-state index in [-0.39, 0.29) is 23.3 Å². The number of methoxy groups -OCH3 is 2. The van der Waals surface area contributed by atoms with E-state index in [0.717, 1.165) is 12.3 Å². The second kappa shape index (κ2) is 5.91. The molecular weight excluding hydrogens is 267 g/mol. The molecule has 0 spiro atoms. The minimum atomic E-state index is -0.666. The first kappa shape index (κ1) is 13.7. The van der Waals surface area contributed by atoms with Crippen LogP contribution in [0.15, 0.2) is 24.4 Å². The summed E-state index contributed by atoms with van der Waals surface area (Å²) in [5, 5.41) is 2.44. The summed E-state index contributed by atoms with van der Waals surface area (Å²) >= 11 is 0. The quantitative estimate of drug-likeness (QED) is 0.848. The molecule has 0 saturated carbocycles. The van der Waals surface area contributed by atoms with E-state index < -0.39 is 11.9 Å². The molecule has 2 aromatic heterocycles. The predicted molar refractivity (Wildman–Crippen MR) is 67.3 cm³/mol. The van der Waals surface area contributed by atoms with Gasteiger partial charge in [0.05, 0.1) is 25.8 Å². The maximum Gasteiger partial charge on any atom is 0.259 e. The fourth-order valence-corrected chi connectivity index (χ4v) is 1.35. The minimum Gasteiger partial charge on any atom is -0.481 e. The molecule has 0 atom stereocenters. The summed E-state index contributed by atoms with van der Waals surface area (Å²) in [6, 6.07) is 3.85. The largest absolute Gasteiger partial charge is 0.481 e. The lowest BCUT2D eigenvalue weighted by Gasteiger charge is -2.07. The van der Waals surface area contributed by atoms with Crippen LogP contribution in [-0.2, 0) is 0 Å². The highest BCUT2D eigenvalue weighted by Gasteiger charge is 2.11. The van der Waals surface area contributed by atoms with E-state index in [1.165, 1.54) is 26.4 Å². The Kier molecular flexibility index (Phi) is 4.04. The highest BCUT2D eigenvalue weighted by Crippen LogP contribution is 2.17. The minimum absolute atomic E-state index is 0.00975. The van der Waals surface area contributed by atoms with Gasteiger partial charge < -0.3 is 9.47 Å². The number of carbonyl (C=O) groups is 1. The lowest BCUT2D eigenvalue weighted by molar-refractivity contribution is 0.102. The standard InChI is InChI=1S/C12H11FN4O3/c1-19-9-5-10(20-2)16-12(15-9)17-11(18)7-3-4-8(13)14-6-7/h3-6H,1-2H3,(H,15,16,17,18). The molecule has 0 fully saturated rings. The zero-order valence-corrected chi connectivity index (χ0v) is 10.8. The van der Waals surface area contributed by atoms with E-state index in [1.54, 1.807) is 0 Å². The maximum absolute atomic E-state index is 12.7. The van der Waals surface area contributed by atoms with E-state index in [4.69, 9.17) is 9.47 Å². The molecule has 0 aromatic carbocycles. The van der Waals surface area contributed by atoms with Crippen LogP contribution < -0.4 is 14.8 Å². The first-order valence-corrected chi connectivity index (χ1v) is 5.52. The highest BCUT2D eigenvalue weighted by atomic mass is 19.1. The van der Waals surface area contributed by atoms with Crippen molar-refractivity contribution in [2.45, 2.75) is 0 Å². The van der Waals surface area contributed by atoms with Crippen LogP contribution in [0.25, 0.3) is 0 Å². The van der Waals surface area contributed by atoms with Gasteiger partial charge in [0, 0.05) is 6.20 Å². The number of aromatic nitrogens is 3. The SMILES string of the molecule is COc1cc(OC)nc(NC(=O)c2ccc(F)nc2)n1. The number of hydrogen-bond donors (Lipinski definition) is 1. The van der Waals surface area contributed by atoms with Gasteiger partial charge in [0.15, 0.2) is 0 Å². The molecule has 7 nitrogen and oxygen atoms in total. The van der Waals surface area contributed by atoms with Crippen LogP contribution in [0, 0.1) is 5.95 Å². The number of halogens is 1. The lowest BCUT2D eigenvalue weighted by Crippen LogP contribution is -2.15. The lowest BCUT2D eigenvalue weighted by atomic mass is 10.3. The fourth-order valence-electron chi connectivity index (χ4n) is 1.35. The van der Waals surface area contributed by atoms with Crippen LogP contribution in [0.2, 0.25) is 0 Å². The van der Waals surface area contributed by atoms with Gasteiger partial charge in [-0.25, -0.2) is 4.98 Å². The van der Waals surface area contributed by atoms with Crippen LogP contribution in [0.4, 0.5) is 10.3 Å². The summed E-state index contributed by atoms with van der Waals surface area (Å²) in [4.78, 5) is 23.2. The Bertz CT molecular complexity index is 596. The number of nitrogens with one attached hydrogen (secondary N) is 1. The van der Waals surface area contributed by atoms with Crippen molar-refractivity contribution < 1.29 is 18.7 Å². The molecule has 0 aliphatic carbocycles. The zero-order chi connectivity index (χ0) is 14.5. The Labute approximate surface area is 113 Å². The summed E-state index contributed by atoms with van der Waals surface area (Å²) < 4.78 is 22.6. The fraction of sp³-hybridized carbons (Fsp3) is 0.167. The molecule has 20 heavy (non-hydrogen) atoms. The summed E-state index contributed by atoms with van der Waals surface area (Å²) in [5.74, 6) is -0.696. The van der Waals surface area contributed by atoms with Gasteiger partial charge in [-0.15, -0.1) is 0 Å². The molecule has 1 N–H and O–H groups in total. The summed E-state index contributed by atoms with van der Waals surface area (Å²) in [6.45, 7) is 0. The molecule has 0 unspecified atom stereocenters. The molecular formula is C12H11FN4O3. The molecule has 0 bridgehead atoms. The van der Waals surface area contributed by atoms with E-state index in [0.29, 0.717) is 0 Å². The summed E-state index contributed by atoms with van der Waals surface area (Å²) in [5.41, 5.74) is 0.178. The summed E-state index contributed by atoms with van der Waals surface area (Å²) in [6.07, 6.45) is 1.11. The van der Waals surface area contributed by atoms with Crippen molar-refractivity contribution in [3.05, 3.63) is 35.9 Å². The van der Waals surface area contributed by atoms with Gasteiger partial charge in [-0.2, -0.15) is 14.4 Å². The van der Waals surface area contributed by atoms with E-state index in [2.05, 4.69) is 20.3 Å². The number of rotatable bonds is 4. The molecule has 8 heteroatoms. The van der Waals surface area contributed by atoms with Crippen molar-refractivity contribution in [1.29, 1.82) is 0 Å². The van der Waals surface area contributed by atoms with Crippen LogP contribution >= 0.6 is 0 Å². The second-order valence-corrected chi connectivity index (χ2v) is 3.60. The molecule has 2 aromatic rings. The van der Waals surface area contributed by atoms with Crippen LogP contribution in [-0.4, -0.2) is 35.1 Å². The first-order valence-electron chi connectivity index (χ1n) is 5.52. The van der Waals surface area contributed by atoms with Crippen molar-refractivity contribution in [2.75, 3.05) is 19.5 Å². The predicted octanol–water partition coefficient (Wildman–Crippen LogP) is 1.28. The number of pyridine rings is 1. The molecule has 0 aliphatic rings. The maximum atomic E-state index is 12.7. The Hall–Kier alpha value is -2.77. The van der Waals surface area contributed by atoms with Crippen molar-refractivity contribution in [3.8, 4) is 11.8 Å². The summed E-state index contributed by atoms with van der Waals surface area (Å²) in [7, 11) is 2.86. The Balaban J connectivity index is 2.20. The Morgan fingerprint density at radius 3 is 2.35 bits per heavy atom. The van der Waals surface area contributed by atoms with Crippen LogP contribution in [0.3, 0.4) is 0 Å². The van der Waals surface area contributed by atoms with Gasteiger partial charge in [0.1, 0.15) is 0 Å². The van der Waals surface area contributed by atoms with Gasteiger partial charge in [-0.05, 0) is 12.1 Å². The third-order valence-corrected chi connectivity index (χ3v) is 2.31. The smallest absolute Gasteiger partial charge is 0.259 e. The molecule has 0 radical (unpaired) electrons. The van der Waals surface area contributed by atoms with Crippen LogP contribution in [0.1, 0.15) is 10.4 Å². The first-order chi connectivity index (χ1) is 9.62. The van der Waals surface area contributed by atoms with E-state index >= 15 is 0 Å². The van der Waals surface area contributed by atoms with Gasteiger partial charge in [-0.1, -0.05) is 0 Å². The topological polar surface area (TPSA) is 86.2 Å². The highest BCUT2D eigenvalue weighted by molar-refractivity contribution is 6.03. The molecule has 0 aliphatic heterocycles. The third kappa shape index (κ3) is 3.16. The average Bonchev–Trinajstić information content (AvgIpc) is 2.47. The number of hydrogen-bond acceptors (Lipinski definition) is 6. The van der Waals surface area contributed by atoms with Gasteiger partial charge in [0.25, 0.3) is 5.91 Å². The van der Waals surface area contributed by atoms with Crippen molar-refractivity contribution in [3.63, 3.8) is 0 Å². The van der Waals surface area contributed by atoms with Crippen molar-refractivity contribution >= 4 is 11.9 Å². The van der Waals surface area contributed by atoms with E-state index in [1.807, 2.05) is 0 Å². The number of amides is 1. The number of ether oxygens (including phenoxy) is 2. The Morgan fingerprint density at radius 2 is 1.85 bits per heavy atom. The van der Waals surface area contributed by atoms with Crippen molar-refractivity contribution in [1.82, 2.24) is 15.0 Å². The third-order valence-electron chi connectivity index (χ3n) is 2.31. The number of carbonyl (C=O) groups excluding carboxylic acids is 1. The number of nitrogens with zero attached hydrogens (tertiary/aromatic N) is 3. The molecule has 0 saturated heterocycles. The van der Waals surface area contributed by atoms with Gasteiger partial charge >= 0.3 is 0 Å². The number of anilines is 1. The molecule has 2 heterocycles. The van der Waals surface area contributed by atoms with Gasteiger partial charge in [0.2, 0.25) is 23.7 Å². The van der Waals surface area contributed by atoms with Crippen LogP contribution in [0.5, 0.6) is 11.8 Å². The Morgan fingerprint density at radius 1 is 1.20 bits per heavy atom. The van der Waals surface area contributed by atoms with Gasteiger partial charge in [-0.3, -0.25) is 10.1 Å². The monoisotopic (exact) mass is 278 g/mol. The second-order valence-electron chi connectivity index (χ2n) is 3.60. The molecule has 104 valence electrons. The molecule has 1 amide bonds. The normalized spacial score (nSPS) is 9.95. The zero-order valence-electron chi connectivity index (χ0n) is 10.8. The van der Waals surface area contributed by atoms with E-state index in [9.17, 15) is 9.18 Å². The molecule has 2 rings (SSSR count). The average molecular weight is 278 g/mol.